The van der Waals surface area contributed by atoms with Gasteiger partial charge >= 0.3 is 0 Å². The van der Waals surface area contributed by atoms with Crippen molar-refractivity contribution >= 4 is 0 Å². The minimum Gasteiger partial charge on any atom is -0.311 e. The molecule has 84 valence electrons. The van der Waals surface area contributed by atoms with Crippen LogP contribution in [-0.2, 0) is 0 Å². The Hall–Kier alpha value is -0.0400. The first-order valence-electron chi connectivity index (χ1n) is 6.43. The van der Waals surface area contributed by atoms with Crippen LogP contribution in [0.3, 0.4) is 0 Å². The maximum Gasteiger partial charge on any atom is 0.00692 e. The summed E-state index contributed by atoms with van der Waals surface area (Å²) in [7, 11) is 0. The summed E-state index contributed by atoms with van der Waals surface area (Å²) in [5.74, 6) is 1.91. The molecule has 0 aromatic heterocycles. The maximum atomic E-state index is 3.75. The van der Waals surface area contributed by atoms with E-state index in [1.807, 2.05) is 0 Å². The minimum atomic E-state index is 0.693. The molecule has 0 heterocycles. The van der Waals surface area contributed by atoms with E-state index >= 15 is 0 Å². The molecule has 2 unspecified atom stereocenters. The van der Waals surface area contributed by atoms with Crippen molar-refractivity contribution in [3.8, 4) is 0 Å². The SMILES string of the molecule is CCC(CC)C(C)NC(C)CC1CC1. The van der Waals surface area contributed by atoms with E-state index in [9.17, 15) is 0 Å². The predicted octanol–water partition coefficient (Wildman–Crippen LogP) is 3.59. The van der Waals surface area contributed by atoms with Gasteiger partial charge in [0.2, 0.25) is 0 Å². The average Bonchev–Trinajstić information content (AvgIpc) is 2.90. The van der Waals surface area contributed by atoms with Crippen molar-refractivity contribution in [2.75, 3.05) is 0 Å². The highest BCUT2D eigenvalue weighted by atomic mass is 14.9. The fourth-order valence-electron chi connectivity index (χ4n) is 2.50. The summed E-state index contributed by atoms with van der Waals surface area (Å²) >= 11 is 0. The lowest BCUT2D eigenvalue weighted by molar-refractivity contribution is 0.317. The Balaban J connectivity index is 2.18. The molecule has 1 aliphatic rings. The van der Waals surface area contributed by atoms with Crippen LogP contribution in [0.15, 0.2) is 0 Å². The highest BCUT2D eigenvalue weighted by Crippen LogP contribution is 2.33. The van der Waals surface area contributed by atoms with Crippen molar-refractivity contribution in [1.82, 2.24) is 5.32 Å². The average molecular weight is 197 g/mol. The van der Waals surface area contributed by atoms with Crippen LogP contribution in [0.25, 0.3) is 0 Å². The van der Waals surface area contributed by atoms with Gasteiger partial charge in [0.1, 0.15) is 0 Å². The molecule has 14 heavy (non-hydrogen) atoms. The van der Waals surface area contributed by atoms with Crippen molar-refractivity contribution in [1.29, 1.82) is 0 Å². The number of nitrogens with one attached hydrogen (secondary N) is 1. The van der Waals surface area contributed by atoms with Gasteiger partial charge in [0, 0.05) is 12.1 Å². The molecule has 1 saturated carbocycles. The Labute approximate surface area is 89.7 Å². The molecule has 0 amide bonds. The zero-order chi connectivity index (χ0) is 10.6. The van der Waals surface area contributed by atoms with E-state index in [0.717, 1.165) is 17.9 Å². The molecule has 0 aromatic carbocycles. The molecule has 0 bridgehead atoms. The number of hydrogen-bond acceptors (Lipinski definition) is 1. The molecule has 1 aliphatic carbocycles. The molecule has 0 saturated heterocycles. The lowest BCUT2D eigenvalue weighted by Gasteiger charge is -2.26. The highest BCUT2D eigenvalue weighted by Gasteiger charge is 2.24. The van der Waals surface area contributed by atoms with E-state index in [4.69, 9.17) is 0 Å². The van der Waals surface area contributed by atoms with E-state index in [1.165, 1.54) is 32.1 Å². The van der Waals surface area contributed by atoms with Crippen LogP contribution < -0.4 is 5.32 Å². The second kappa shape index (κ2) is 5.75. The van der Waals surface area contributed by atoms with Gasteiger partial charge in [-0.15, -0.1) is 0 Å². The van der Waals surface area contributed by atoms with Gasteiger partial charge in [0.25, 0.3) is 0 Å². The zero-order valence-corrected chi connectivity index (χ0v) is 10.3. The van der Waals surface area contributed by atoms with Crippen LogP contribution in [0.2, 0.25) is 0 Å². The van der Waals surface area contributed by atoms with Crippen molar-refractivity contribution in [2.24, 2.45) is 11.8 Å². The Kier molecular flexibility index (Phi) is 4.94. The van der Waals surface area contributed by atoms with Crippen molar-refractivity contribution in [3.63, 3.8) is 0 Å². The Morgan fingerprint density at radius 2 is 1.71 bits per heavy atom. The van der Waals surface area contributed by atoms with E-state index in [-0.39, 0.29) is 0 Å². The van der Waals surface area contributed by atoms with E-state index in [0.29, 0.717) is 6.04 Å². The monoisotopic (exact) mass is 197 g/mol. The quantitative estimate of drug-likeness (QED) is 0.657. The number of hydrogen-bond donors (Lipinski definition) is 1. The van der Waals surface area contributed by atoms with E-state index in [1.54, 1.807) is 0 Å². The van der Waals surface area contributed by atoms with Crippen LogP contribution >= 0.6 is 0 Å². The summed E-state index contributed by atoms with van der Waals surface area (Å²) in [6.07, 6.45) is 6.96. The topological polar surface area (TPSA) is 12.0 Å². The Morgan fingerprint density at radius 3 is 2.14 bits per heavy atom. The third kappa shape index (κ3) is 4.00. The number of rotatable bonds is 7. The molecule has 2 atom stereocenters. The van der Waals surface area contributed by atoms with E-state index < -0.39 is 0 Å². The lowest BCUT2D eigenvalue weighted by Crippen LogP contribution is -2.39. The smallest absolute Gasteiger partial charge is 0.00692 e. The summed E-state index contributed by atoms with van der Waals surface area (Å²) in [6.45, 7) is 9.30. The summed E-state index contributed by atoms with van der Waals surface area (Å²) in [4.78, 5) is 0. The van der Waals surface area contributed by atoms with Gasteiger partial charge in [-0.1, -0.05) is 39.5 Å². The lowest BCUT2D eigenvalue weighted by atomic mass is 9.94. The molecule has 1 fully saturated rings. The molecule has 0 radical (unpaired) electrons. The van der Waals surface area contributed by atoms with Gasteiger partial charge in [-0.2, -0.15) is 0 Å². The van der Waals surface area contributed by atoms with Crippen LogP contribution in [0.5, 0.6) is 0 Å². The summed E-state index contributed by atoms with van der Waals surface area (Å²) in [6, 6.07) is 1.41. The van der Waals surface area contributed by atoms with Crippen LogP contribution in [-0.4, -0.2) is 12.1 Å². The molecular formula is C13H27N. The van der Waals surface area contributed by atoms with Gasteiger partial charge < -0.3 is 5.32 Å². The summed E-state index contributed by atoms with van der Waals surface area (Å²) < 4.78 is 0. The van der Waals surface area contributed by atoms with Gasteiger partial charge in [0.15, 0.2) is 0 Å². The molecule has 0 aromatic rings. The molecule has 0 aliphatic heterocycles. The van der Waals surface area contributed by atoms with Crippen LogP contribution in [0.1, 0.15) is 59.8 Å². The van der Waals surface area contributed by atoms with Gasteiger partial charge in [-0.05, 0) is 32.1 Å². The third-order valence-electron chi connectivity index (χ3n) is 3.69. The predicted molar refractivity (Wildman–Crippen MR) is 63.5 cm³/mol. The Bertz CT molecular complexity index is 147. The second-order valence-corrected chi connectivity index (χ2v) is 5.11. The first-order valence-corrected chi connectivity index (χ1v) is 6.43. The van der Waals surface area contributed by atoms with Gasteiger partial charge in [-0.25, -0.2) is 0 Å². The Morgan fingerprint density at radius 1 is 1.14 bits per heavy atom. The molecule has 1 nitrogen and oxygen atoms in total. The summed E-state index contributed by atoms with van der Waals surface area (Å²) in [5, 5.41) is 3.75. The van der Waals surface area contributed by atoms with Gasteiger partial charge in [0.05, 0.1) is 0 Å². The molecule has 1 N–H and O–H groups in total. The van der Waals surface area contributed by atoms with Crippen molar-refractivity contribution in [3.05, 3.63) is 0 Å². The highest BCUT2D eigenvalue weighted by molar-refractivity contribution is 4.80. The van der Waals surface area contributed by atoms with Crippen LogP contribution in [0.4, 0.5) is 0 Å². The second-order valence-electron chi connectivity index (χ2n) is 5.11. The zero-order valence-electron chi connectivity index (χ0n) is 10.3. The summed E-state index contributed by atoms with van der Waals surface area (Å²) in [5.41, 5.74) is 0. The normalized spacial score (nSPS) is 21.2. The van der Waals surface area contributed by atoms with Crippen molar-refractivity contribution in [2.45, 2.75) is 71.9 Å². The standard InChI is InChI=1S/C13H27N/c1-5-13(6-2)11(4)14-10(3)9-12-7-8-12/h10-14H,5-9H2,1-4H3. The van der Waals surface area contributed by atoms with E-state index in [2.05, 4.69) is 33.0 Å². The largest absolute Gasteiger partial charge is 0.311 e. The molecule has 1 rings (SSSR count). The van der Waals surface area contributed by atoms with Crippen LogP contribution in [0, 0.1) is 11.8 Å². The molecule has 0 spiro atoms. The third-order valence-corrected chi connectivity index (χ3v) is 3.69. The first-order chi connectivity index (χ1) is 6.67. The fraction of sp³-hybridized carbons (Fsp3) is 1.00. The fourth-order valence-corrected chi connectivity index (χ4v) is 2.50. The van der Waals surface area contributed by atoms with Crippen molar-refractivity contribution < 1.29 is 0 Å². The van der Waals surface area contributed by atoms with Gasteiger partial charge in [-0.3, -0.25) is 0 Å². The molecular weight excluding hydrogens is 170 g/mol. The molecule has 1 heteroatoms. The maximum absolute atomic E-state index is 3.75. The minimum absolute atomic E-state index is 0.693. The first kappa shape index (κ1) is 12.0.